The average Bonchev–Trinajstić information content (AvgIpc) is 3.26. The highest BCUT2D eigenvalue weighted by molar-refractivity contribution is 6.06. The van der Waals surface area contributed by atoms with Crippen molar-refractivity contribution in [2.75, 3.05) is 0 Å². The van der Waals surface area contributed by atoms with Crippen LogP contribution in [0.2, 0.25) is 0 Å². The van der Waals surface area contributed by atoms with Gasteiger partial charge in [-0.15, -0.1) is 0 Å². The fourth-order valence-corrected chi connectivity index (χ4v) is 3.68. The second-order valence-corrected chi connectivity index (χ2v) is 7.73. The number of halogens is 1. The van der Waals surface area contributed by atoms with E-state index in [1.165, 1.54) is 12.1 Å². The van der Waals surface area contributed by atoms with Crippen molar-refractivity contribution in [3.63, 3.8) is 0 Å². The highest BCUT2D eigenvalue weighted by atomic mass is 19.1. The number of carbonyl (C=O) groups is 2. The van der Waals surface area contributed by atoms with Crippen molar-refractivity contribution in [3.8, 4) is 0 Å². The third kappa shape index (κ3) is 3.72. The van der Waals surface area contributed by atoms with Crippen LogP contribution in [0.25, 0.3) is 0 Å². The van der Waals surface area contributed by atoms with E-state index < -0.39 is 29.7 Å². The largest absolute Gasteiger partial charge is 0.441 e. The number of carbonyl (C=O) groups excluding carboxylic acids is 2. The lowest BCUT2D eigenvalue weighted by molar-refractivity contribution is -0.140. The Kier molecular flexibility index (Phi) is 4.82. The molecule has 0 radical (unpaired) electrons. The van der Waals surface area contributed by atoms with Crippen molar-refractivity contribution >= 4 is 17.7 Å². The summed E-state index contributed by atoms with van der Waals surface area (Å²) in [5.41, 5.74) is 1.38. The van der Waals surface area contributed by atoms with Gasteiger partial charge in [-0.25, -0.2) is 14.1 Å². The molecule has 0 bridgehead atoms. The maximum absolute atomic E-state index is 13.1. The first kappa shape index (κ1) is 19.1. The predicted octanol–water partition coefficient (Wildman–Crippen LogP) is 3.69. The van der Waals surface area contributed by atoms with Gasteiger partial charge in [0.05, 0.1) is 11.8 Å². The molecule has 2 heterocycles. The second kappa shape index (κ2) is 7.31. The van der Waals surface area contributed by atoms with Crippen LogP contribution < -0.4 is 0 Å². The highest BCUT2D eigenvalue weighted by Crippen LogP contribution is 2.33. The summed E-state index contributed by atoms with van der Waals surface area (Å²) in [7, 11) is 0. The van der Waals surface area contributed by atoms with E-state index in [-0.39, 0.29) is 12.2 Å². The van der Waals surface area contributed by atoms with Gasteiger partial charge in [-0.2, -0.15) is 0 Å². The molecule has 0 aromatic heterocycles. The zero-order chi connectivity index (χ0) is 20.6. The number of nitrogens with zero attached hydrogens (tertiary/aromatic N) is 2. The van der Waals surface area contributed by atoms with Crippen molar-refractivity contribution in [1.82, 2.24) is 4.90 Å². The molecule has 2 amide bonds. The molecule has 2 aromatic rings. The fourth-order valence-electron chi connectivity index (χ4n) is 3.68. The zero-order valence-corrected chi connectivity index (χ0v) is 16.2. The van der Waals surface area contributed by atoms with E-state index in [0.717, 1.165) is 10.5 Å². The molecule has 6 nitrogen and oxygen atoms in total. The molecule has 1 fully saturated rings. The van der Waals surface area contributed by atoms with Crippen molar-refractivity contribution in [3.05, 3.63) is 71.5 Å². The number of hydrogen-bond donors (Lipinski definition) is 0. The second-order valence-electron chi connectivity index (χ2n) is 7.73. The van der Waals surface area contributed by atoms with E-state index in [0.29, 0.717) is 17.7 Å². The number of hydrogen-bond acceptors (Lipinski definition) is 5. The molecule has 7 heteroatoms. The van der Waals surface area contributed by atoms with Crippen molar-refractivity contribution in [2.45, 2.75) is 44.4 Å². The van der Waals surface area contributed by atoms with Crippen LogP contribution in [-0.2, 0) is 20.8 Å². The van der Waals surface area contributed by atoms with Gasteiger partial charge >= 0.3 is 6.09 Å². The Labute approximate surface area is 167 Å². The Morgan fingerprint density at radius 1 is 1.17 bits per heavy atom. The third-order valence-corrected chi connectivity index (χ3v) is 5.29. The van der Waals surface area contributed by atoms with E-state index in [4.69, 9.17) is 9.57 Å². The number of ether oxygens (including phenoxy) is 1. The van der Waals surface area contributed by atoms with E-state index in [1.807, 2.05) is 30.3 Å². The Balaban J connectivity index is 1.52. The molecule has 1 saturated heterocycles. The van der Waals surface area contributed by atoms with E-state index >= 15 is 0 Å². The van der Waals surface area contributed by atoms with Crippen molar-refractivity contribution in [1.29, 1.82) is 0 Å². The molecular weight excluding hydrogens is 375 g/mol. The van der Waals surface area contributed by atoms with Crippen LogP contribution in [0.15, 0.2) is 59.8 Å². The zero-order valence-electron chi connectivity index (χ0n) is 16.2. The summed E-state index contributed by atoms with van der Waals surface area (Å²) >= 11 is 0. The topological polar surface area (TPSA) is 68.2 Å². The summed E-state index contributed by atoms with van der Waals surface area (Å²) < 4.78 is 18.6. The van der Waals surface area contributed by atoms with E-state index in [9.17, 15) is 14.0 Å². The minimum absolute atomic E-state index is 0.201. The van der Waals surface area contributed by atoms with Crippen LogP contribution in [-0.4, -0.2) is 40.4 Å². The molecule has 0 N–H and O–H groups in total. The maximum atomic E-state index is 13.1. The molecule has 0 saturated carbocycles. The van der Waals surface area contributed by atoms with Crippen LogP contribution in [0.3, 0.4) is 0 Å². The van der Waals surface area contributed by atoms with Crippen LogP contribution in [0.4, 0.5) is 9.18 Å². The molecule has 2 aliphatic rings. The van der Waals surface area contributed by atoms with Gasteiger partial charge in [0, 0.05) is 6.42 Å². The number of benzene rings is 2. The lowest BCUT2D eigenvalue weighted by Gasteiger charge is -2.28. The maximum Gasteiger partial charge on any atom is 0.417 e. The smallest absolute Gasteiger partial charge is 0.417 e. The van der Waals surface area contributed by atoms with E-state index in [2.05, 4.69) is 5.16 Å². The predicted molar refractivity (Wildman–Crippen MR) is 104 cm³/mol. The molecular formula is C22H21FN2O4. The number of imide groups is 1. The fraction of sp³-hybridized carbons (Fsp3) is 0.318. The minimum Gasteiger partial charge on any atom is -0.441 e. The molecule has 2 atom stereocenters. The SMILES string of the molecule is CC1(C)OC(=O)N(C(=O)[C@@H]2CC(c3ccc(F)cc3)=NO2)[C@H]1Cc1ccccc1. The van der Waals surface area contributed by atoms with Gasteiger partial charge in [0.25, 0.3) is 5.91 Å². The standard InChI is InChI=1S/C22H21FN2O4/c1-22(2)19(12-14-6-4-3-5-7-14)25(21(27)28-22)20(26)18-13-17(24-29-18)15-8-10-16(23)11-9-15/h3-11,18-19H,12-13H2,1-2H3/t18-,19-/m0/s1. The van der Waals surface area contributed by atoms with Crippen LogP contribution in [0.5, 0.6) is 0 Å². The molecule has 0 spiro atoms. The van der Waals surface area contributed by atoms with Crippen LogP contribution in [0.1, 0.15) is 31.4 Å². The lowest BCUT2D eigenvalue weighted by Crippen LogP contribution is -2.49. The first-order chi connectivity index (χ1) is 13.8. The average molecular weight is 396 g/mol. The lowest BCUT2D eigenvalue weighted by atomic mass is 9.91. The first-order valence-corrected chi connectivity index (χ1v) is 9.44. The third-order valence-electron chi connectivity index (χ3n) is 5.29. The molecule has 0 aliphatic carbocycles. The number of amides is 2. The van der Waals surface area contributed by atoms with Gasteiger partial charge in [-0.1, -0.05) is 47.6 Å². The summed E-state index contributed by atoms with van der Waals surface area (Å²) in [6.45, 7) is 3.59. The Bertz CT molecular complexity index is 957. The Hall–Kier alpha value is -3.22. The molecule has 4 rings (SSSR count). The Morgan fingerprint density at radius 3 is 2.55 bits per heavy atom. The van der Waals surface area contributed by atoms with Gasteiger partial charge in [0.2, 0.25) is 6.10 Å². The number of oxime groups is 1. The van der Waals surface area contributed by atoms with Crippen LogP contribution in [0, 0.1) is 5.82 Å². The summed E-state index contributed by atoms with van der Waals surface area (Å²) in [6.07, 6.45) is -0.925. The summed E-state index contributed by atoms with van der Waals surface area (Å²) in [6, 6.07) is 15.0. The van der Waals surface area contributed by atoms with Crippen molar-refractivity contribution in [2.24, 2.45) is 5.16 Å². The monoisotopic (exact) mass is 396 g/mol. The van der Waals surface area contributed by atoms with Gasteiger partial charge in [-0.3, -0.25) is 4.79 Å². The molecule has 2 aliphatic heterocycles. The minimum atomic E-state index is -0.922. The van der Waals surface area contributed by atoms with Crippen LogP contribution >= 0.6 is 0 Å². The van der Waals surface area contributed by atoms with Gasteiger partial charge < -0.3 is 9.57 Å². The number of cyclic esters (lactones) is 1. The first-order valence-electron chi connectivity index (χ1n) is 9.44. The Morgan fingerprint density at radius 2 is 1.86 bits per heavy atom. The normalized spacial score (nSPS) is 22.8. The van der Waals surface area contributed by atoms with Gasteiger partial charge in [0.15, 0.2) is 0 Å². The van der Waals surface area contributed by atoms with Gasteiger partial charge in [0.1, 0.15) is 11.4 Å². The summed E-state index contributed by atoms with van der Waals surface area (Å²) in [5.74, 6) is -0.839. The molecule has 0 unspecified atom stereocenters. The quantitative estimate of drug-likeness (QED) is 0.791. The molecule has 150 valence electrons. The van der Waals surface area contributed by atoms with Crippen molar-refractivity contribution < 1.29 is 23.6 Å². The number of rotatable bonds is 4. The molecule has 2 aromatic carbocycles. The van der Waals surface area contributed by atoms with E-state index in [1.54, 1.807) is 26.0 Å². The highest BCUT2D eigenvalue weighted by Gasteiger charge is 2.52. The summed E-state index contributed by atoms with van der Waals surface area (Å²) in [5, 5.41) is 3.97. The molecule has 29 heavy (non-hydrogen) atoms. The summed E-state index contributed by atoms with van der Waals surface area (Å²) in [4.78, 5) is 32.2. The van der Waals surface area contributed by atoms with Gasteiger partial charge in [-0.05, 0) is 43.5 Å².